The summed E-state index contributed by atoms with van der Waals surface area (Å²) in [6, 6.07) is 8.21. The summed E-state index contributed by atoms with van der Waals surface area (Å²) in [4.78, 5) is 15.1. The van der Waals surface area contributed by atoms with E-state index in [1.54, 1.807) is 0 Å². The van der Waals surface area contributed by atoms with Gasteiger partial charge < -0.3 is 10.3 Å². The Morgan fingerprint density at radius 1 is 1.32 bits per heavy atom. The average Bonchev–Trinajstić information content (AvgIpc) is 2.41. The minimum atomic E-state index is 0.0712. The normalized spacial score (nSPS) is 19.7. The van der Waals surface area contributed by atoms with Crippen molar-refractivity contribution in [1.29, 1.82) is 0 Å². The largest absolute Gasteiger partial charge is 0.322 e. The molecule has 100 valence electrons. The van der Waals surface area contributed by atoms with Gasteiger partial charge in [0.05, 0.1) is 0 Å². The van der Waals surface area contributed by atoms with Crippen LogP contribution in [0.3, 0.4) is 0 Å². The Labute approximate surface area is 113 Å². The second-order valence-electron chi connectivity index (χ2n) is 5.63. The molecule has 0 saturated carbocycles. The van der Waals surface area contributed by atoms with Crippen LogP contribution in [0.4, 0.5) is 0 Å². The second kappa shape index (κ2) is 5.17. The number of aromatic amines is 1. The van der Waals surface area contributed by atoms with Crippen molar-refractivity contribution in [3.05, 3.63) is 45.7 Å². The topological polar surface area (TPSA) is 44.9 Å². The number of pyridine rings is 1. The van der Waals surface area contributed by atoms with Crippen LogP contribution in [0.25, 0.3) is 10.9 Å². The maximum absolute atomic E-state index is 12.1. The molecule has 3 nitrogen and oxygen atoms in total. The number of benzene rings is 1. The van der Waals surface area contributed by atoms with Crippen LogP contribution in [0.15, 0.2) is 29.1 Å². The first-order valence-corrected chi connectivity index (χ1v) is 7.05. The second-order valence-corrected chi connectivity index (χ2v) is 5.63. The van der Waals surface area contributed by atoms with E-state index in [4.69, 9.17) is 0 Å². The first-order valence-electron chi connectivity index (χ1n) is 7.05. The van der Waals surface area contributed by atoms with Gasteiger partial charge in [0, 0.05) is 11.1 Å². The van der Waals surface area contributed by atoms with Crippen LogP contribution in [0.1, 0.15) is 24.0 Å². The highest BCUT2D eigenvalue weighted by Gasteiger charge is 2.15. The molecule has 0 bridgehead atoms. The molecule has 19 heavy (non-hydrogen) atoms. The molecule has 1 unspecified atom stereocenters. The molecule has 1 aliphatic rings. The quantitative estimate of drug-likeness (QED) is 0.866. The number of hydrogen-bond donors (Lipinski definition) is 2. The van der Waals surface area contributed by atoms with Gasteiger partial charge in [-0.15, -0.1) is 0 Å². The van der Waals surface area contributed by atoms with Gasteiger partial charge in [0.25, 0.3) is 5.56 Å². The molecule has 0 aliphatic carbocycles. The summed E-state index contributed by atoms with van der Waals surface area (Å²) in [5.74, 6) is 0.595. The van der Waals surface area contributed by atoms with Crippen molar-refractivity contribution < 1.29 is 0 Å². The minimum Gasteiger partial charge on any atom is -0.322 e. The number of hydrogen-bond acceptors (Lipinski definition) is 2. The van der Waals surface area contributed by atoms with E-state index in [0.717, 1.165) is 36.0 Å². The summed E-state index contributed by atoms with van der Waals surface area (Å²) in [5.41, 5.74) is 3.15. The first kappa shape index (κ1) is 12.4. The van der Waals surface area contributed by atoms with E-state index in [-0.39, 0.29) is 5.56 Å². The van der Waals surface area contributed by atoms with Crippen molar-refractivity contribution in [3.8, 4) is 0 Å². The number of piperidine rings is 1. The highest BCUT2D eigenvalue weighted by molar-refractivity contribution is 5.79. The third-order valence-electron chi connectivity index (χ3n) is 3.98. The highest BCUT2D eigenvalue weighted by atomic mass is 16.1. The van der Waals surface area contributed by atoms with Gasteiger partial charge in [-0.3, -0.25) is 4.79 Å². The lowest BCUT2D eigenvalue weighted by molar-refractivity contribution is 0.375. The van der Waals surface area contributed by atoms with Crippen molar-refractivity contribution >= 4 is 10.9 Å². The fourth-order valence-electron chi connectivity index (χ4n) is 2.93. The van der Waals surface area contributed by atoms with E-state index >= 15 is 0 Å². The molecule has 0 radical (unpaired) electrons. The van der Waals surface area contributed by atoms with Gasteiger partial charge in [-0.2, -0.15) is 0 Å². The number of fused-ring (bicyclic) bond motifs is 1. The molecule has 1 atom stereocenters. The number of H-pyrrole nitrogens is 1. The van der Waals surface area contributed by atoms with Gasteiger partial charge in [-0.25, -0.2) is 0 Å². The number of nitrogens with one attached hydrogen (secondary N) is 2. The van der Waals surface area contributed by atoms with Gasteiger partial charge in [0.1, 0.15) is 0 Å². The molecule has 1 aliphatic heterocycles. The standard InChI is InChI=1S/C16H20N2O/c1-11-4-5-15-13(7-11)9-14(16(19)18-15)8-12-3-2-6-17-10-12/h4-5,7,9,12,17H,2-3,6,8,10H2,1H3,(H,18,19). The SMILES string of the molecule is Cc1ccc2[nH]c(=O)c(CC3CCCNC3)cc2c1. The van der Waals surface area contributed by atoms with Gasteiger partial charge in [-0.1, -0.05) is 11.6 Å². The summed E-state index contributed by atoms with van der Waals surface area (Å²) >= 11 is 0. The third-order valence-corrected chi connectivity index (χ3v) is 3.98. The maximum Gasteiger partial charge on any atom is 0.251 e. The Morgan fingerprint density at radius 3 is 3.00 bits per heavy atom. The van der Waals surface area contributed by atoms with E-state index in [9.17, 15) is 4.79 Å². The minimum absolute atomic E-state index is 0.0712. The zero-order valence-corrected chi connectivity index (χ0v) is 11.3. The summed E-state index contributed by atoms with van der Waals surface area (Å²) in [7, 11) is 0. The summed E-state index contributed by atoms with van der Waals surface area (Å²) in [6.07, 6.45) is 3.32. The predicted octanol–water partition coefficient (Wildman–Crippen LogP) is 2.38. The molecule has 0 spiro atoms. The average molecular weight is 256 g/mol. The van der Waals surface area contributed by atoms with Crippen LogP contribution in [-0.2, 0) is 6.42 Å². The van der Waals surface area contributed by atoms with Crippen LogP contribution in [0.2, 0.25) is 0 Å². The van der Waals surface area contributed by atoms with E-state index in [1.165, 1.54) is 18.4 Å². The van der Waals surface area contributed by atoms with Crippen molar-refractivity contribution in [2.45, 2.75) is 26.2 Å². The Morgan fingerprint density at radius 2 is 2.21 bits per heavy atom. The molecule has 3 rings (SSSR count). The van der Waals surface area contributed by atoms with Crippen molar-refractivity contribution in [1.82, 2.24) is 10.3 Å². The number of aryl methyl sites for hydroxylation is 1. The molecule has 2 heterocycles. The molecule has 1 fully saturated rings. The summed E-state index contributed by atoms with van der Waals surface area (Å²) in [6.45, 7) is 4.23. The maximum atomic E-state index is 12.1. The number of rotatable bonds is 2. The molecular weight excluding hydrogens is 236 g/mol. The molecule has 3 heteroatoms. The third kappa shape index (κ3) is 2.71. The van der Waals surface area contributed by atoms with Crippen LogP contribution < -0.4 is 10.9 Å². The lowest BCUT2D eigenvalue weighted by atomic mass is 9.92. The predicted molar refractivity (Wildman–Crippen MR) is 78.6 cm³/mol. The fraction of sp³-hybridized carbons (Fsp3) is 0.438. The first-order chi connectivity index (χ1) is 9.22. The number of aromatic nitrogens is 1. The van der Waals surface area contributed by atoms with Gasteiger partial charge >= 0.3 is 0 Å². The Hall–Kier alpha value is -1.61. The lowest BCUT2D eigenvalue weighted by Crippen LogP contribution is -2.32. The zero-order chi connectivity index (χ0) is 13.2. The van der Waals surface area contributed by atoms with Crippen molar-refractivity contribution in [2.75, 3.05) is 13.1 Å². The van der Waals surface area contributed by atoms with Crippen LogP contribution in [-0.4, -0.2) is 18.1 Å². The Bertz CT molecular complexity index is 639. The lowest BCUT2D eigenvalue weighted by Gasteiger charge is -2.22. The van der Waals surface area contributed by atoms with E-state index in [0.29, 0.717) is 5.92 Å². The Balaban J connectivity index is 1.93. The van der Waals surface area contributed by atoms with Crippen LogP contribution in [0, 0.1) is 12.8 Å². The highest BCUT2D eigenvalue weighted by Crippen LogP contribution is 2.18. The van der Waals surface area contributed by atoms with Gasteiger partial charge in [-0.05, 0) is 68.8 Å². The monoisotopic (exact) mass is 256 g/mol. The van der Waals surface area contributed by atoms with Crippen molar-refractivity contribution in [3.63, 3.8) is 0 Å². The van der Waals surface area contributed by atoms with Crippen LogP contribution >= 0.6 is 0 Å². The smallest absolute Gasteiger partial charge is 0.251 e. The molecule has 1 aromatic heterocycles. The van der Waals surface area contributed by atoms with E-state index < -0.39 is 0 Å². The fourth-order valence-corrected chi connectivity index (χ4v) is 2.93. The zero-order valence-electron chi connectivity index (χ0n) is 11.3. The molecule has 2 N–H and O–H groups in total. The van der Waals surface area contributed by atoms with Crippen LogP contribution in [0.5, 0.6) is 0 Å². The molecule has 1 aromatic carbocycles. The molecular formula is C16H20N2O. The van der Waals surface area contributed by atoms with Gasteiger partial charge in [0.2, 0.25) is 0 Å². The van der Waals surface area contributed by atoms with Crippen molar-refractivity contribution in [2.24, 2.45) is 5.92 Å². The van der Waals surface area contributed by atoms with E-state index in [2.05, 4.69) is 29.4 Å². The molecule has 1 saturated heterocycles. The molecule has 0 amide bonds. The summed E-state index contributed by atoms with van der Waals surface area (Å²) in [5, 5.41) is 4.55. The molecule has 2 aromatic rings. The Kier molecular flexibility index (Phi) is 3.38. The van der Waals surface area contributed by atoms with Gasteiger partial charge in [0.15, 0.2) is 0 Å². The van der Waals surface area contributed by atoms with E-state index in [1.807, 2.05) is 12.1 Å². The summed E-state index contributed by atoms with van der Waals surface area (Å²) < 4.78 is 0.